The van der Waals surface area contributed by atoms with E-state index in [1.165, 1.54) is 64.2 Å². The van der Waals surface area contributed by atoms with Gasteiger partial charge in [0, 0.05) is 0 Å². The summed E-state index contributed by atoms with van der Waals surface area (Å²) >= 11 is 0. The highest BCUT2D eigenvalue weighted by Crippen LogP contribution is 2.67. The van der Waals surface area contributed by atoms with E-state index in [0.717, 1.165) is 41.9 Å². The molecule has 2 nitrogen and oxygen atoms in total. The Hall–Kier alpha value is -0.340. The highest BCUT2D eigenvalue weighted by Gasteiger charge is 2.59. The molecule has 2 heteroatoms. The van der Waals surface area contributed by atoms with Crippen LogP contribution in [0.4, 0.5) is 0 Å². The molecule has 0 aliphatic heterocycles. The first-order valence-corrected chi connectivity index (χ1v) is 13.7. The molecule has 4 rings (SSSR count). The van der Waals surface area contributed by atoms with Crippen molar-refractivity contribution in [3.05, 3.63) is 11.6 Å². The Morgan fingerprint density at radius 1 is 1.03 bits per heavy atom. The molecule has 178 valence electrons. The molecule has 8 atom stereocenters. The summed E-state index contributed by atoms with van der Waals surface area (Å²) in [4.78, 5) is 0. The lowest BCUT2D eigenvalue weighted by Crippen LogP contribution is -2.51. The van der Waals surface area contributed by atoms with E-state index in [9.17, 15) is 0 Å². The molecule has 4 aliphatic carbocycles. The highest BCUT2D eigenvalue weighted by atomic mass is 16.5. The van der Waals surface area contributed by atoms with Gasteiger partial charge in [0.05, 0.1) is 19.3 Å². The normalized spacial score (nSPS) is 43.2. The van der Waals surface area contributed by atoms with E-state index < -0.39 is 0 Å². The zero-order valence-corrected chi connectivity index (χ0v) is 21.2. The number of aliphatic hydroxyl groups excluding tert-OH is 1. The Labute approximate surface area is 192 Å². The first-order valence-electron chi connectivity index (χ1n) is 13.7. The van der Waals surface area contributed by atoms with Crippen molar-refractivity contribution in [1.82, 2.24) is 0 Å². The lowest BCUT2D eigenvalue weighted by molar-refractivity contribution is -0.0658. The number of ether oxygens (including phenoxy) is 1. The average Bonchev–Trinajstić information content (AvgIpc) is 3.09. The van der Waals surface area contributed by atoms with Gasteiger partial charge in [-0.15, -0.1) is 0 Å². The molecule has 0 aromatic rings. The van der Waals surface area contributed by atoms with Crippen molar-refractivity contribution in [3.63, 3.8) is 0 Å². The first kappa shape index (κ1) is 23.8. The molecular weight excluding hydrogens is 380 g/mol. The van der Waals surface area contributed by atoms with Gasteiger partial charge in [0.2, 0.25) is 0 Å². The minimum atomic E-state index is 0.148. The van der Waals surface area contributed by atoms with Gasteiger partial charge in [0.1, 0.15) is 0 Å². The Morgan fingerprint density at radius 3 is 2.58 bits per heavy atom. The first-order chi connectivity index (χ1) is 14.8. The molecule has 31 heavy (non-hydrogen) atoms. The van der Waals surface area contributed by atoms with Gasteiger partial charge in [0.15, 0.2) is 0 Å². The zero-order valence-electron chi connectivity index (χ0n) is 21.2. The minimum absolute atomic E-state index is 0.148. The Kier molecular flexibility index (Phi) is 7.29. The van der Waals surface area contributed by atoms with Gasteiger partial charge >= 0.3 is 0 Å². The molecule has 3 saturated carbocycles. The largest absolute Gasteiger partial charge is 0.394 e. The molecule has 0 heterocycles. The van der Waals surface area contributed by atoms with Crippen molar-refractivity contribution < 1.29 is 9.84 Å². The molecule has 0 saturated heterocycles. The summed E-state index contributed by atoms with van der Waals surface area (Å²) in [5, 5.41) is 9.14. The maximum absolute atomic E-state index is 9.14. The molecule has 4 aliphatic rings. The van der Waals surface area contributed by atoms with Crippen LogP contribution in [0.15, 0.2) is 11.6 Å². The minimum Gasteiger partial charge on any atom is -0.394 e. The third kappa shape index (κ3) is 4.42. The fourth-order valence-electron chi connectivity index (χ4n) is 9.01. The monoisotopic (exact) mass is 430 g/mol. The Bertz CT molecular complexity index is 639. The van der Waals surface area contributed by atoms with Crippen molar-refractivity contribution >= 4 is 0 Å². The van der Waals surface area contributed by atoms with E-state index in [2.05, 4.69) is 40.7 Å². The SMILES string of the molecule is CC(C)CCC[C@@H](C)[C@H]1CCC2[C@@H]3CC=C4C[C@@H](OCCO)CC[C@]4(C)[C@H]3CC[C@@]21C. The topological polar surface area (TPSA) is 29.5 Å². The van der Waals surface area contributed by atoms with Gasteiger partial charge < -0.3 is 9.84 Å². The number of rotatable bonds is 8. The van der Waals surface area contributed by atoms with Crippen LogP contribution in [0.2, 0.25) is 0 Å². The van der Waals surface area contributed by atoms with Gasteiger partial charge in [-0.05, 0) is 97.7 Å². The predicted molar refractivity (Wildman–Crippen MR) is 130 cm³/mol. The van der Waals surface area contributed by atoms with Crippen molar-refractivity contribution in [2.24, 2.45) is 46.3 Å². The van der Waals surface area contributed by atoms with Gasteiger partial charge in [-0.3, -0.25) is 0 Å². The van der Waals surface area contributed by atoms with Gasteiger partial charge in [-0.25, -0.2) is 0 Å². The second-order valence-electron chi connectivity index (χ2n) is 12.7. The third-order valence-electron chi connectivity index (χ3n) is 10.7. The fourth-order valence-corrected chi connectivity index (χ4v) is 9.01. The maximum atomic E-state index is 9.14. The van der Waals surface area contributed by atoms with E-state index in [4.69, 9.17) is 9.84 Å². The van der Waals surface area contributed by atoms with Crippen LogP contribution in [0.1, 0.15) is 105 Å². The summed E-state index contributed by atoms with van der Waals surface area (Å²) in [7, 11) is 0. The Balaban J connectivity index is 1.45. The van der Waals surface area contributed by atoms with Gasteiger partial charge in [-0.1, -0.05) is 65.5 Å². The highest BCUT2D eigenvalue weighted by molar-refractivity contribution is 5.25. The predicted octanol–water partition coefficient (Wildman–Crippen LogP) is 7.41. The van der Waals surface area contributed by atoms with Crippen LogP contribution in [-0.4, -0.2) is 24.4 Å². The molecule has 1 N–H and O–H groups in total. The molecular formula is C29H50O2. The van der Waals surface area contributed by atoms with E-state index in [1.807, 2.05) is 0 Å². The van der Waals surface area contributed by atoms with Crippen LogP contribution in [0, 0.1) is 46.3 Å². The van der Waals surface area contributed by atoms with Crippen molar-refractivity contribution in [2.45, 2.75) is 111 Å². The molecule has 0 spiro atoms. The molecule has 3 fully saturated rings. The van der Waals surface area contributed by atoms with E-state index >= 15 is 0 Å². The van der Waals surface area contributed by atoms with E-state index in [-0.39, 0.29) is 6.61 Å². The second kappa shape index (κ2) is 9.49. The number of aliphatic hydroxyl groups is 1. The van der Waals surface area contributed by atoms with Gasteiger partial charge in [0.25, 0.3) is 0 Å². The summed E-state index contributed by atoms with van der Waals surface area (Å²) in [5.74, 6) is 5.44. The molecule has 0 aromatic heterocycles. The van der Waals surface area contributed by atoms with Crippen molar-refractivity contribution in [1.29, 1.82) is 0 Å². The maximum Gasteiger partial charge on any atom is 0.0701 e. The average molecular weight is 431 g/mol. The van der Waals surface area contributed by atoms with Crippen LogP contribution in [-0.2, 0) is 4.74 Å². The lowest BCUT2D eigenvalue weighted by Gasteiger charge is -2.58. The molecule has 0 amide bonds. The smallest absolute Gasteiger partial charge is 0.0701 e. The quantitative estimate of drug-likeness (QED) is 0.406. The molecule has 0 radical (unpaired) electrons. The number of allylic oxidation sites excluding steroid dienone is 1. The summed E-state index contributed by atoms with van der Waals surface area (Å²) in [6.07, 6.45) is 18.0. The number of fused-ring (bicyclic) bond motifs is 5. The standard InChI is InChI=1S/C29H50O2/c1-20(2)7-6-8-21(3)25-11-12-26-24-10-9-22-19-23(31-18-17-30)13-15-28(22,4)27(24)14-16-29(25,26)5/h9,20-21,23-27,30H,6-8,10-19H2,1-5H3/t21-,23+,24+,25-,26?,27+,28+,29-/m1/s1. The number of hydrogen-bond donors (Lipinski definition) is 1. The fraction of sp³-hybridized carbons (Fsp3) is 0.931. The lowest BCUT2D eigenvalue weighted by atomic mass is 9.47. The van der Waals surface area contributed by atoms with Crippen molar-refractivity contribution in [3.8, 4) is 0 Å². The van der Waals surface area contributed by atoms with Gasteiger partial charge in [-0.2, -0.15) is 0 Å². The van der Waals surface area contributed by atoms with E-state index in [0.29, 0.717) is 23.5 Å². The summed E-state index contributed by atoms with van der Waals surface area (Å²) in [6, 6.07) is 0. The summed E-state index contributed by atoms with van der Waals surface area (Å²) in [5.41, 5.74) is 2.69. The van der Waals surface area contributed by atoms with Crippen molar-refractivity contribution in [2.75, 3.05) is 13.2 Å². The number of hydrogen-bond acceptors (Lipinski definition) is 2. The summed E-state index contributed by atoms with van der Waals surface area (Å²) < 4.78 is 5.94. The van der Waals surface area contributed by atoms with Crippen LogP contribution in [0.3, 0.4) is 0 Å². The van der Waals surface area contributed by atoms with E-state index in [1.54, 1.807) is 5.57 Å². The van der Waals surface area contributed by atoms with Crippen LogP contribution < -0.4 is 0 Å². The zero-order chi connectivity index (χ0) is 22.2. The molecule has 0 bridgehead atoms. The van der Waals surface area contributed by atoms with Crippen LogP contribution in [0.25, 0.3) is 0 Å². The summed E-state index contributed by atoms with van der Waals surface area (Å²) in [6.45, 7) is 13.3. The third-order valence-corrected chi connectivity index (χ3v) is 10.7. The molecule has 1 unspecified atom stereocenters. The second-order valence-corrected chi connectivity index (χ2v) is 12.7. The Morgan fingerprint density at radius 2 is 1.84 bits per heavy atom. The molecule has 0 aromatic carbocycles. The van der Waals surface area contributed by atoms with Crippen LogP contribution >= 0.6 is 0 Å². The van der Waals surface area contributed by atoms with Crippen LogP contribution in [0.5, 0.6) is 0 Å².